The third-order valence-electron chi connectivity index (χ3n) is 2.68. The molecule has 2 N–H and O–H groups in total. The number of likely N-dealkylation sites (N-methyl/N-ethyl adjacent to an activating group) is 1. The predicted molar refractivity (Wildman–Crippen MR) is 72.5 cm³/mol. The SMILES string of the molecule is CNCCNC(=O)Cc1coc(-c2ccc(F)cc2)n1. The van der Waals surface area contributed by atoms with Crippen molar-refractivity contribution in [3.05, 3.63) is 42.0 Å². The monoisotopic (exact) mass is 277 g/mol. The molecule has 2 rings (SSSR count). The van der Waals surface area contributed by atoms with E-state index in [2.05, 4.69) is 15.6 Å². The maximum atomic E-state index is 12.8. The molecule has 0 aliphatic rings. The Kier molecular flexibility index (Phi) is 4.84. The van der Waals surface area contributed by atoms with Crippen LogP contribution < -0.4 is 10.6 Å². The molecule has 0 fully saturated rings. The highest BCUT2D eigenvalue weighted by atomic mass is 19.1. The predicted octanol–water partition coefficient (Wildman–Crippen LogP) is 1.36. The van der Waals surface area contributed by atoms with Crippen molar-refractivity contribution >= 4 is 5.91 Å². The molecule has 20 heavy (non-hydrogen) atoms. The lowest BCUT2D eigenvalue weighted by Crippen LogP contribution is -2.31. The summed E-state index contributed by atoms with van der Waals surface area (Å²) < 4.78 is 18.1. The summed E-state index contributed by atoms with van der Waals surface area (Å²) in [4.78, 5) is 15.8. The van der Waals surface area contributed by atoms with Crippen LogP contribution in [0.25, 0.3) is 11.5 Å². The smallest absolute Gasteiger partial charge is 0.226 e. The number of carbonyl (C=O) groups is 1. The molecule has 0 bridgehead atoms. The first-order valence-corrected chi connectivity index (χ1v) is 6.30. The second kappa shape index (κ2) is 6.81. The Balaban J connectivity index is 1.95. The molecule has 0 radical (unpaired) electrons. The highest BCUT2D eigenvalue weighted by Crippen LogP contribution is 2.18. The molecule has 0 spiro atoms. The third kappa shape index (κ3) is 3.89. The number of benzene rings is 1. The van der Waals surface area contributed by atoms with Crippen molar-refractivity contribution in [2.45, 2.75) is 6.42 Å². The number of oxazole rings is 1. The van der Waals surface area contributed by atoms with Gasteiger partial charge in [-0.05, 0) is 31.3 Å². The van der Waals surface area contributed by atoms with Gasteiger partial charge in [0.1, 0.15) is 12.1 Å². The third-order valence-corrected chi connectivity index (χ3v) is 2.68. The zero-order chi connectivity index (χ0) is 14.4. The Labute approximate surface area is 116 Å². The van der Waals surface area contributed by atoms with Gasteiger partial charge in [0.2, 0.25) is 11.8 Å². The van der Waals surface area contributed by atoms with Gasteiger partial charge < -0.3 is 15.1 Å². The van der Waals surface area contributed by atoms with Crippen LogP contribution in [0.4, 0.5) is 4.39 Å². The van der Waals surface area contributed by atoms with Crippen LogP contribution in [0.5, 0.6) is 0 Å². The Bertz CT molecular complexity index is 566. The summed E-state index contributed by atoms with van der Waals surface area (Å²) >= 11 is 0. The summed E-state index contributed by atoms with van der Waals surface area (Å²) in [5.74, 6) is -0.0494. The molecule has 0 aliphatic carbocycles. The maximum absolute atomic E-state index is 12.8. The Morgan fingerprint density at radius 2 is 2.05 bits per heavy atom. The Morgan fingerprint density at radius 1 is 1.30 bits per heavy atom. The van der Waals surface area contributed by atoms with Crippen LogP contribution in [0.1, 0.15) is 5.69 Å². The minimum atomic E-state index is -0.315. The molecule has 0 saturated heterocycles. The van der Waals surface area contributed by atoms with Gasteiger partial charge in [-0.15, -0.1) is 0 Å². The van der Waals surface area contributed by atoms with Crippen LogP contribution in [0, 0.1) is 5.82 Å². The molecule has 1 aromatic heterocycles. The molecule has 1 aromatic carbocycles. The lowest BCUT2D eigenvalue weighted by Gasteiger charge is -2.02. The van der Waals surface area contributed by atoms with Gasteiger partial charge in [-0.3, -0.25) is 4.79 Å². The van der Waals surface area contributed by atoms with Crippen molar-refractivity contribution in [2.24, 2.45) is 0 Å². The molecule has 0 saturated carbocycles. The molecule has 5 nitrogen and oxygen atoms in total. The first-order chi connectivity index (χ1) is 9.69. The summed E-state index contributed by atoms with van der Waals surface area (Å²) in [6.07, 6.45) is 1.60. The summed E-state index contributed by atoms with van der Waals surface area (Å²) in [6, 6.07) is 5.84. The van der Waals surface area contributed by atoms with E-state index >= 15 is 0 Å². The molecule has 0 atom stereocenters. The zero-order valence-corrected chi connectivity index (χ0v) is 11.1. The normalized spacial score (nSPS) is 10.5. The van der Waals surface area contributed by atoms with Gasteiger partial charge in [0.05, 0.1) is 12.1 Å². The quantitative estimate of drug-likeness (QED) is 0.782. The van der Waals surface area contributed by atoms with E-state index in [0.717, 1.165) is 0 Å². The van der Waals surface area contributed by atoms with Crippen LogP contribution in [0.2, 0.25) is 0 Å². The van der Waals surface area contributed by atoms with Gasteiger partial charge in [-0.25, -0.2) is 9.37 Å². The van der Waals surface area contributed by atoms with Gasteiger partial charge in [0, 0.05) is 18.7 Å². The minimum Gasteiger partial charge on any atom is -0.444 e. The lowest BCUT2D eigenvalue weighted by atomic mass is 10.2. The number of carbonyl (C=O) groups excluding carboxylic acids is 1. The maximum Gasteiger partial charge on any atom is 0.226 e. The van der Waals surface area contributed by atoms with E-state index in [9.17, 15) is 9.18 Å². The van der Waals surface area contributed by atoms with Gasteiger partial charge in [-0.1, -0.05) is 0 Å². The summed E-state index contributed by atoms with van der Waals surface area (Å²) in [7, 11) is 1.82. The van der Waals surface area contributed by atoms with E-state index in [-0.39, 0.29) is 18.1 Å². The van der Waals surface area contributed by atoms with Crippen LogP contribution >= 0.6 is 0 Å². The molecule has 106 valence electrons. The van der Waals surface area contributed by atoms with Gasteiger partial charge >= 0.3 is 0 Å². The van der Waals surface area contributed by atoms with E-state index in [4.69, 9.17) is 4.42 Å². The fourth-order valence-corrected chi connectivity index (χ4v) is 1.67. The average Bonchev–Trinajstić information content (AvgIpc) is 2.88. The van der Waals surface area contributed by atoms with Crippen molar-refractivity contribution < 1.29 is 13.6 Å². The van der Waals surface area contributed by atoms with E-state index in [1.807, 2.05) is 7.05 Å². The largest absolute Gasteiger partial charge is 0.444 e. The zero-order valence-electron chi connectivity index (χ0n) is 11.1. The number of nitrogens with zero attached hydrogens (tertiary/aromatic N) is 1. The van der Waals surface area contributed by atoms with E-state index in [1.165, 1.54) is 18.4 Å². The lowest BCUT2D eigenvalue weighted by molar-refractivity contribution is -0.120. The van der Waals surface area contributed by atoms with Gasteiger partial charge in [-0.2, -0.15) is 0 Å². The highest BCUT2D eigenvalue weighted by molar-refractivity contribution is 5.78. The van der Waals surface area contributed by atoms with Gasteiger partial charge in [0.25, 0.3) is 0 Å². The van der Waals surface area contributed by atoms with Crippen molar-refractivity contribution in [2.75, 3.05) is 20.1 Å². The molecule has 1 amide bonds. The number of halogens is 1. The second-order valence-corrected chi connectivity index (χ2v) is 4.28. The fourth-order valence-electron chi connectivity index (χ4n) is 1.67. The first-order valence-electron chi connectivity index (χ1n) is 6.30. The Morgan fingerprint density at radius 3 is 2.75 bits per heavy atom. The van der Waals surface area contributed by atoms with Crippen molar-refractivity contribution in [3.63, 3.8) is 0 Å². The number of nitrogens with one attached hydrogen (secondary N) is 2. The summed E-state index contributed by atoms with van der Waals surface area (Å²) in [6.45, 7) is 1.28. The first kappa shape index (κ1) is 14.2. The highest BCUT2D eigenvalue weighted by Gasteiger charge is 2.10. The molecule has 1 heterocycles. The number of hydrogen-bond acceptors (Lipinski definition) is 4. The number of hydrogen-bond donors (Lipinski definition) is 2. The van der Waals surface area contributed by atoms with Crippen LogP contribution in [0.3, 0.4) is 0 Å². The molecule has 6 heteroatoms. The van der Waals surface area contributed by atoms with E-state index in [1.54, 1.807) is 12.1 Å². The number of aromatic nitrogens is 1. The minimum absolute atomic E-state index is 0.112. The van der Waals surface area contributed by atoms with Crippen molar-refractivity contribution in [1.29, 1.82) is 0 Å². The van der Waals surface area contributed by atoms with E-state index in [0.29, 0.717) is 30.2 Å². The second-order valence-electron chi connectivity index (χ2n) is 4.28. The number of amides is 1. The van der Waals surface area contributed by atoms with Gasteiger partial charge in [0.15, 0.2) is 0 Å². The molecular formula is C14H16FN3O2. The number of rotatable bonds is 6. The molecule has 0 unspecified atom stereocenters. The van der Waals surface area contributed by atoms with Crippen LogP contribution in [-0.2, 0) is 11.2 Å². The molecule has 0 aliphatic heterocycles. The van der Waals surface area contributed by atoms with Crippen molar-refractivity contribution in [3.8, 4) is 11.5 Å². The molecule has 2 aromatic rings. The standard InChI is InChI=1S/C14H16FN3O2/c1-16-6-7-17-13(19)8-12-9-20-14(18-12)10-2-4-11(15)5-3-10/h2-5,9,16H,6-8H2,1H3,(H,17,19). The van der Waals surface area contributed by atoms with E-state index < -0.39 is 0 Å². The average molecular weight is 277 g/mol. The molecular weight excluding hydrogens is 261 g/mol. The fraction of sp³-hybridized carbons (Fsp3) is 0.286. The van der Waals surface area contributed by atoms with Crippen LogP contribution in [-0.4, -0.2) is 31.0 Å². The topological polar surface area (TPSA) is 67.2 Å². The summed E-state index contributed by atoms with van der Waals surface area (Å²) in [5.41, 5.74) is 1.22. The summed E-state index contributed by atoms with van der Waals surface area (Å²) in [5, 5.41) is 5.69. The van der Waals surface area contributed by atoms with Crippen LogP contribution in [0.15, 0.2) is 34.9 Å². The Hall–Kier alpha value is -2.21. The van der Waals surface area contributed by atoms with Crippen molar-refractivity contribution in [1.82, 2.24) is 15.6 Å².